The van der Waals surface area contributed by atoms with Gasteiger partial charge in [-0.3, -0.25) is 0 Å². The van der Waals surface area contributed by atoms with Gasteiger partial charge in [0, 0.05) is 23.0 Å². The molecule has 0 radical (unpaired) electrons. The molecule has 0 saturated carbocycles. The molecule has 1 aromatic heterocycles. The molecule has 0 saturated heterocycles. The Balaban J connectivity index is 2.07. The monoisotopic (exact) mass is 291 g/mol. The third kappa shape index (κ3) is 3.52. The normalized spacial score (nSPS) is 12.2. The van der Waals surface area contributed by atoms with Crippen LogP contribution in [-0.4, -0.2) is 13.7 Å². The molecule has 0 aliphatic rings. The predicted molar refractivity (Wildman–Crippen MR) is 83.7 cm³/mol. The molecule has 1 N–H and O–H groups in total. The summed E-state index contributed by atoms with van der Waals surface area (Å²) in [6, 6.07) is 10.6. The van der Waals surface area contributed by atoms with Crippen LogP contribution >= 0.6 is 11.3 Å². The fraction of sp³-hybridized carbons (Fsp3) is 0.375. The second-order valence-electron chi connectivity index (χ2n) is 4.50. The molecular weight excluding hydrogens is 270 g/mol. The van der Waals surface area contributed by atoms with Crippen molar-refractivity contribution in [3.05, 3.63) is 46.2 Å². The molecule has 0 aliphatic carbocycles. The Bertz CT molecular complexity index is 525. The molecule has 2 aromatic rings. The summed E-state index contributed by atoms with van der Waals surface area (Å²) in [4.78, 5) is 1.34. The lowest BCUT2D eigenvalue weighted by Gasteiger charge is -2.16. The van der Waals surface area contributed by atoms with E-state index in [1.165, 1.54) is 4.88 Å². The van der Waals surface area contributed by atoms with Gasteiger partial charge >= 0.3 is 0 Å². The largest absolute Gasteiger partial charge is 0.493 e. The van der Waals surface area contributed by atoms with E-state index in [0.29, 0.717) is 12.6 Å². The van der Waals surface area contributed by atoms with Crippen LogP contribution in [0.1, 0.15) is 30.3 Å². The van der Waals surface area contributed by atoms with E-state index in [1.807, 2.05) is 19.1 Å². The number of ether oxygens (including phenoxy) is 2. The van der Waals surface area contributed by atoms with Crippen molar-refractivity contribution in [3.8, 4) is 11.5 Å². The lowest BCUT2D eigenvalue weighted by atomic mass is 10.1. The van der Waals surface area contributed by atoms with E-state index in [9.17, 15) is 0 Å². The third-order valence-corrected chi connectivity index (χ3v) is 4.19. The Labute approximate surface area is 124 Å². The standard InChI is InChI=1S/C16H21NO2S/c1-4-19-14-8-5-7-13(16(14)18-3)11-17-12(2)15-9-6-10-20-15/h5-10,12,17H,4,11H2,1-3H3/t12-/m0/s1. The first-order valence-electron chi connectivity index (χ1n) is 6.81. The van der Waals surface area contributed by atoms with Gasteiger partial charge < -0.3 is 14.8 Å². The molecule has 0 amide bonds. The van der Waals surface area contributed by atoms with Gasteiger partial charge in [-0.15, -0.1) is 11.3 Å². The van der Waals surface area contributed by atoms with Crippen LogP contribution in [0.15, 0.2) is 35.7 Å². The van der Waals surface area contributed by atoms with Crippen LogP contribution in [0.5, 0.6) is 11.5 Å². The van der Waals surface area contributed by atoms with E-state index in [4.69, 9.17) is 9.47 Å². The molecule has 1 atom stereocenters. The molecule has 4 heteroatoms. The molecule has 1 heterocycles. The topological polar surface area (TPSA) is 30.5 Å². The van der Waals surface area contributed by atoms with Crippen molar-refractivity contribution in [2.45, 2.75) is 26.4 Å². The minimum absolute atomic E-state index is 0.329. The van der Waals surface area contributed by atoms with E-state index >= 15 is 0 Å². The number of methoxy groups -OCH3 is 1. The molecule has 1 aromatic carbocycles. The minimum Gasteiger partial charge on any atom is -0.493 e. The lowest BCUT2D eigenvalue weighted by molar-refractivity contribution is 0.308. The van der Waals surface area contributed by atoms with Crippen LogP contribution in [0.25, 0.3) is 0 Å². The summed E-state index contributed by atoms with van der Waals surface area (Å²) in [7, 11) is 1.68. The number of benzene rings is 1. The van der Waals surface area contributed by atoms with Crippen molar-refractivity contribution < 1.29 is 9.47 Å². The maximum atomic E-state index is 5.60. The Hall–Kier alpha value is -1.52. The maximum absolute atomic E-state index is 5.60. The first-order chi connectivity index (χ1) is 9.76. The van der Waals surface area contributed by atoms with Crippen molar-refractivity contribution in [2.24, 2.45) is 0 Å². The highest BCUT2D eigenvalue weighted by atomic mass is 32.1. The summed E-state index contributed by atoms with van der Waals surface area (Å²) in [5.74, 6) is 1.62. The van der Waals surface area contributed by atoms with Crippen LogP contribution in [0.4, 0.5) is 0 Å². The fourth-order valence-electron chi connectivity index (χ4n) is 2.10. The zero-order chi connectivity index (χ0) is 14.4. The number of nitrogens with one attached hydrogen (secondary N) is 1. The summed E-state index contributed by atoms with van der Waals surface area (Å²) in [6.45, 7) is 5.54. The average molecular weight is 291 g/mol. The Kier molecular flexibility index (Phi) is 5.44. The van der Waals surface area contributed by atoms with Gasteiger partial charge in [0.25, 0.3) is 0 Å². The molecule has 0 spiro atoms. The molecule has 0 aliphatic heterocycles. The second-order valence-corrected chi connectivity index (χ2v) is 5.48. The third-order valence-electron chi connectivity index (χ3n) is 3.13. The van der Waals surface area contributed by atoms with Gasteiger partial charge in [0.1, 0.15) is 0 Å². The molecule has 0 bridgehead atoms. The molecule has 0 fully saturated rings. The molecule has 3 nitrogen and oxygen atoms in total. The van der Waals surface area contributed by atoms with Gasteiger partial charge in [-0.2, -0.15) is 0 Å². The van der Waals surface area contributed by atoms with Crippen LogP contribution in [0.3, 0.4) is 0 Å². The number of hydrogen-bond acceptors (Lipinski definition) is 4. The molecular formula is C16H21NO2S. The van der Waals surface area contributed by atoms with Gasteiger partial charge in [0.15, 0.2) is 11.5 Å². The van der Waals surface area contributed by atoms with Gasteiger partial charge in [0.05, 0.1) is 13.7 Å². The number of hydrogen-bond donors (Lipinski definition) is 1. The predicted octanol–water partition coefficient (Wildman–Crippen LogP) is 4.01. The van der Waals surface area contributed by atoms with E-state index in [1.54, 1.807) is 18.4 Å². The Morgan fingerprint density at radius 3 is 2.75 bits per heavy atom. The summed E-state index contributed by atoms with van der Waals surface area (Å²) >= 11 is 1.77. The molecule has 108 valence electrons. The summed E-state index contributed by atoms with van der Waals surface area (Å²) < 4.78 is 11.1. The fourth-order valence-corrected chi connectivity index (χ4v) is 2.86. The first-order valence-corrected chi connectivity index (χ1v) is 7.69. The van der Waals surface area contributed by atoms with E-state index in [2.05, 4.69) is 35.8 Å². The maximum Gasteiger partial charge on any atom is 0.165 e. The van der Waals surface area contributed by atoms with Gasteiger partial charge in [0.2, 0.25) is 0 Å². The minimum atomic E-state index is 0.329. The number of rotatable bonds is 7. The lowest BCUT2D eigenvalue weighted by Crippen LogP contribution is -2.17. The Morgan fingerprint density at radius 2 is 2.10 bits per heavy atom. The van der Waals surface area contributed by atoms with Gasteiger partial charge in [-0.1, -0.05) is 18.2 Å². The van der Waals surface area contributed by atoms with Crippen molar-refractivity contribution in [1.82, 2.24) is 5.32 Å². The zero-order valence-electron chi connectivity index (χ0n) is 12.2. The highest BCUT2D eigenvalue weighted by molar-refractivity contribution is 7.10. The van der Waals surface area contributed by atoms with Crippen LogP contribution in [0, 0.1) is 0 Å². The van der Waals surface area contributed by atoms with Crippen LogP contribution in [0.2, 0.25) is 0 Å². The molecule has 0 unspecified atom stereocenters. The molecule has 2 rings (SSSR count). The van der Waals surface area contributed by atoms with E-state index < -0.39 is 0 Å². The summed E-state index contributed by atoms with van der Waals surface area (Å²) in [5.41, 5.74) is 1.11. The van der Waals surface area contributed by atoms with E-state index in [-0.39, 0.29) is 0 Å². The van der Waals surface area contributed by atoms with Crippen LogP contribution < -0.4 is 14.8 Å². The van der Waals surface area contributed by atoms with E-state index in [0.717, 1.165) is 23.6 Å². The highest BCUT2D eigenvalue weighted by Gasteiger charge is 2.11. The van der Waals surface area contributed by atoms with Crippen molar-refractivity contribution in [2.75, 3.05) is 13.7 Å². The smallest absolute Gasteiger partial charge is 0.165 e. The summed E-state index contributed by atoms with van der Waals surface area (Å²) in [6.07, 6.45) is 0. The Morgan fingerprint density at radius 1 is 1.25 bits per heavy atom. The van der Waals surface area contributed by atoms with Crippen LogP contribution in [-0.2, 0) is 6.54 Å². The SMILES string of the molecule is CCOc1cccc(CN[C@@H](C)c2cccs2)c1OC. The van der Waals surface area contributed by atoms with Crippen molar-refractivity contribution >= 4 is 11.3 Å². The zero-order valence-corrected chi connectivity index (χ0v) is 13.0. The van der Waals surface area contributed by atoms with Gasteiger partial charge in [-0.05, 0) is 31.4 Å². The number of para-hydroxylation sites is 1. The quantitative estimate of drug-likeness (QED) is 0.836. The van der Waals surface area contributed by atoms with Gasteiger partial charge in [-0.25, -0.2) is 0 Å². The van der Waals surface area contributed by atoms with Crippen molar-refractivity contribution in [1.29, 1.82) is 0 Å². The van der Waals surface area contributed by atoms with Crippen molar-refractivity contribution in [3.63, 3.8) is 0 Å². The highest BCUT2D eigenvalue weighted by Crippen LogP contribution is 2.31. The average Bonchev–Trinajstić information content (AvgIpc) is 2.99. The summed E-state index contributed by atoms with van der Waals surface area (Å²) in [5, 5.41) is 5.62. The number of thiophene rings is 1. The molecule has 20 heavy (non-hydrogen) atoms. The second kappa shape index (κ2) is 7.31. The first kappa shape index (κ1) is 14.9.